The van der Waals surface area contributed by atoms with Crippen LogP contribution in [0.5, 0.6) is 0 Å². The maximum Gasteiger partial charge on any atom is 0.262 e. The average Bonchev–Trinajstić information content (AvgIpc) is 2.57. The van der Waals surface area contributed by atoms with Crippen molar-refractivity contribution < 1.29 is 17.2 Å². The second kappa shape index (κ2) is 6.97. The van der Waals surface area contributed by atoms with Gasteiger partial charge in [-0.2, -0.15) is 0 Å². The fraction of sp³-hybridized carbons (Fsp3) is 0.167. The van der Waals surface area contributed by atoms with Gasteiger partial charge in [-0.05, 0) is 44.4 Å². The van der Waals surface area contributed by atoms with Gasteiger partial charge in [-0.25, -0.2) is 22.2 Å². The number of hydrogen-bond acceptors (Lipinski definition) is 4. The van der Waals surface area contributed by atoms with E-state index < -0.39 is 21.7 Å². The first kappa shape index (κ1) is 18.2. The molecule has 8 heteroatoms. The molecule has 0 aliphatic carbocycles. The number of fused-ring (bicyclic) bond motifs is 1. The van der Waals surface area contributed by atoms with Crippen molar-refractivity contribution in [2.75, 3.05) is 18.8 Å². The number of rotatable bonds is 5. The molecular formula is C18H17F2N3O2S. The number of sulfonamides is 1. The highest BCUT2D eigenvalue weighted by Gasteiger charge is 2.18. The van der Waals surface area contributed by atoms with Gasteiger partial charge < -0.3 is 4.90 Å². The molecule has 5 nitrogen and oxygen atoms in total. The Balaban J connectivity index is 2.02. The number of aromatic nitrogens is 1. The van der Waals surface area contributed by atoms with E-state index in [2.05, 4.69) is 9.71 Å². The zero-order valence-electron chi connectivity index (χ0n) is 14.2. The smallest absolute Gasteiger partial charge is 0.262 e. The summed E-state index contributed by atoms with van der Waals surface area (Å²) in [7, 11) is -0.274. The van der Waals surface area contributed by atoms with E-state index in [9.17, 15) is 17.2 Å². The Morgan fingerprint density at radius 2 is 1.81 bits per heavy atom. The molecule has 0 aliphatic rings. The predicted octanol–water partition coefficient (Wildman–Crippen LogP) is 3.38. The standard InChI is InChI=1S/C18H17F2N3O2S/c1-23(2)11-13-7-6-12-4-3-5-17(18(12)21-13)22-26(24,25)14-8-9-15(19)16(20)10-14/h3-10,22H,11H2,1-2H3. The molecule has 3 rings (SSSR count). The number of pyridine rings is 1. The summed E-state index contributed by atoms with van der Waals surface area (Å²) in [5.74, 6) is -2.33. The number of nitrogens with zero attached hydrogens (tertiary/aromatic N) is 2. The Labute approximate surface area is 150 Å². The van der Waals surface area contributed by atoms with Crippen molar-refractivity contribution in [3.8, 4) is 0 Å². The van der Waals surface area contributed by atoms with Crippen LogP contribution in [0.2, 0.25) is 0 Å². The fourth-order valence-corrected chi connectivity index (χ4v) is 3.61. The molecule has 2 aromatic carbocycles. The minimum atomic E-state index is -4.09. The highest BCUT2D eigenvalue weighted by atomic mass is 32.2. The molecule has 0 amide bonds. The molecule has 1 N–H and O–H groups in total. The molecule has 0 saturated heterocycles. The second-order valence-electron chi connectivity index (χ2n) is 6.10. The number of nitrogens with one attached hydrogen (secondary N) is 1. The van der Waals surface area contributed by atoms with Crippen LogP contribution in [0.3, 0.4) is 0 Å². The van der Waals surface area contributed by atoms with E-state index in [0.29, 0.717) is 18.1 Å². The Kier molecular flexibility index (Phi) is 4.88. The van der Waals surface area contributed by atoms with Crippen LogP contribution in [0.25, 0.3) is 10.9 Å². The Bertz CT molecular complexity index is 1070. The zero-order valence-corrected chi connectivity index (χ0v) is 15.0. The molecule has 1 aromatic heterocycles. The number of benzene rings is 2. The number of hydrogen-bond donors (Lipinski definition) is 1. The molecule has 0 atom stereocenters. The van der Waals surface area contributed by atoms with E-state index in [1.54, 1.807) is 12.1 Å². The van der Waals surface area contributed by atoms with E-state index >= 15 is 0 Å². The molecule has 0 unspecified atom stereocenters. The van der Waals surface area contributed by atoms with Gasteiger partial charge in [0.1, 0.15) is 0 Å². The van der Waals surface area contributed by atoms with Crippen molar-refractivity contribution in [2.45, 2.75) is 11.4 Å². The lowest BCUT2D eigenvalue weighted by Gasteiger charge is -2.13. The molecule has 0 fully saturated rings. The van der Waals surface area contributed by atoms with Crippen molar-refractivity contribution in [2.24, 2.45) is 0 Å². The molecule has 0 spiro atoms. The lowest BCUT2D eigenvalue weighted by molar-refractivity contribution is 0.397. The SMILES string of the molecule is CN(C)Cc1ccc2cccc(NS(=O)(=O)c3ccc(F)c(F)c3)c2n1. The normalized spacial score (nSPS) is 11.9. The van der Waals surface area contributed by atoms with Crippen molar-refractivity contribution in [3.05, 3.63) is 65.9 Å². The maximum absolute atomic E-state index is 13.4. The summed E-state index contributed by atoms with van der Waals surface area (Å²) in [6, 6.07) is 11.2. The zero-order chi connectivity index (χ0) is 18.9. The highest BCUT2D eigenvalue weighted by molar-refractivity contribution is 7.92. The van der Waals surface area contributed by atoms with Crippen molar-refractivity contribution >= 4 is 26.6 Å². The van der Waals surface area contributed by atoms with Crippen LogP contribution in [-0.2, 0) is 16.6 Å². The molecule has 1 heterocycles. The van der Waals surface area contributed by atoms with Gasteiger partial charge in [0.05, 0.1) is 21.8 Å². The number of halogens is 2. The predicted molar refractivity (Wildman–Crippen MR) is 96.3 cm³/mol. The average molecular weight is 377 g/mol. The Hall–Kier alpha value is -2.58. The first-order chi connectivity index (χ1) is 12.3. The third-order valence-corrected chi connectivity index (χ3v) is 5.07. The quantitative estimate of drug-likeness (QED) is 0.741. The van der Waals surface area contributed by atoms with Crippen LogP contribution >= 0.6 is 0 Å². The summed E-state index contributed by atoms with van der Waals surface area (Å²) < 4.78 is 53.9. The summed E-state index contributed by atoms with van der Waals surface area (Å²) in [5.41, 5.74) is 1.54. The maximum atomic E-state index is 13.4. The number of anilines is 1. The molecular weight excluding hydrogens is 360 g/mol. The van der Waals surface area contributed by atoms with Gasteiger partial charge in [0, 0.05) is 11.9 Å². The van der Waals surface area contributed by atoms with Crippen molar-refractivity contribution in [3.63, 3.8) is 0 Å². The summed E-state index contributed by atoms with van der Waals surface area (Å²) in [5, 5.41) is 0.762. The van der Waals surface area contributed by atoms with Crippen LogP contribution in [0.4, 0.5) is 14.5 Å². The Morgan fingerprint density at radius 3 is 2.50 bits per heavy atom. The largest absolute Gasteiger partial charge is 0.304 e. The van der Waals surface area contributed by atoms with Gasteiger partial charge in [0.25, 0.3) is 10.0 Å². The monoisotopic (exact) mass is 377 g/mol. The molecule has 0 aliphatic heterocycles. The van der Waals surface area contributed by atoms with Gasteiger partial charge in [0.2, 0.25) is 0 Å². The fourth-order valence-electron chi connectivity index (χ4n) is 2.53. The molecule has 0 bridgehead atoms. The number of para-hydroxylation sites is 1. The van der Waals surface area contributed by atoms with Crippen molar-refractivity contribution in [1.29, 1.82) is 0 Å². The van der Waals surface area contributed by atoms with Crippen LogP contribution < -0.4 is 4.72 Å². The summed E-state index contributed by atoms with van der Waals surface area (Å²) in [6.07, 6.45) is 0. The van der Waals surface area contributed by atoms with E-state index in [1.807, 2.05) is 37.2 Å². The molecule has 0 saturated carbocycles. The summed E-state index contributed by atoms with van der Waals surface area (Å²) in [4.78, 5) is 6.11. The van der Waals surface area contributed by atoms with Crippen molar-refractivity contribution in [1.82, 2.24) is 9.88 Å². The van der Waals surface area contributed by atoms with E-state index in [4.69, 9.17) is 0 Å². The van der Waals surface area contributed by atoms with E-state index in [-0.39, 0.29) is 10.6 Å². The third kappa shape index (κ3) is 3.81. The minimum absolute atomic E-state index is 0.271. The van der Waals surface area contributed by atoms with Crippen LogP contribution in [0.15, 0.2) is 53.4 Å². The van der Waals surface area contributed by atoms with Gasteiger partial charge in [-0.3, -0.25) is 4.72 Å². The van der Waals surface area contributed by atoms with Crippen LogP contribution in [0.1, 0.15) is 5.69 Å². The van der Waals surface area contributed by atoms with E-state index in [0.717, 1.165) is 23.2 Å². The third-order valence-electron chi connectivity index (χ3n) is 3.70. The highest BCUT2D eigenvalue weighted by Crippen LogP contribution is 2.25. The minimum Gasteiger partial charge on any atom is -0.304 e. The lowest BCUT2D eigenvalue weighted by atomic mass is 10.2. The molecule has 0 radical (unpaired) electrons. The van der Waals surface area contributed by atoms with Gasteiger partial charge in [-0.15, -0.1) is 0 Å². The first-order valence-corrected chi connectivity index (χ1v) is 9.26. The van der Waals surface area contributed by atoms with Gasteiger partial charge in [-0.1, -0.05) is 18.2 Å². The second-order valence-corrected chi connectivity index (χ2v) is 7.78. The first-order valence-electron chi connectivity index (χ1n) is 7.77. The molecule has 26 heavy (non-hydrogen) atoms. The Morgan fingerprint density at radius 1 is 1.04 bits per heavy atom. The molecule has 136 valence electrons. The lowest BCUT2D eigenvalue weighted by Crippen LogP contribution is -2.15. The van der Waals surface area contributed by atoms with Gasteiger partial charge in [0.15, 0.2) is 11.6 Å². The van der Waals surface area contributed by atoms with Crippen LogP contribution in [0, 0.1) is 11.6 Å². The van der Waals surface area contributed by atoms with Gasteiger partial charge >= 0.3 is 0 Å². The van der Waals surface area contributed by atoms with Crippen LogP contribution in [-0.4, -0.2) is 32.4 Å². The topological polar surface area (TPSA) is 62.3 Å². The molecule has 3 aromatic rings. The van der Waals surface area contributed by atoms with E-state index in [1.165, 1.54) is 0 Å². The summed E-state index contributed by atoms with van der Waals surface area (Å²) >= 11 is 0. The summed E-state index contributed by atoms with van der Waals surface area (Å²) in [6.45, 7) is 0.597.